The molecular weight excluding hydrogens is 272 g/mol. The molecule has 0 unspecified atom stereocenters. The second-order valence-corrected chi connectivity index (χ2v) is 6.12. The van der Waals surface area contributed by atoms with Crippen molar-refractivity contribution in [2.75, 3.05) is 0 Å². The van der Waals surface area contributed by atoms with E-state index in [0.29, 0.717) is 16.6 Å². The lowest BCUT2D eigenvalue weighted by atomic mass is 9.75. The third-order valence-corrected chi connectivity index (χ3v) is 4.69. The van der Waals surface area contributed by atoms with E-state index in [-0.39, 0.29) is 5.91 Å². The molecule has 0 aliphatic heterocycles. The highest BCUT2D eigenvalue weighted by atomic mass is 32.1. The fourth-order valence-corrected chi connectivity index (χ4v) is 3.08. The minimum atomic E-state index is -0.546. The van der Waals surface area contributed by atoms with Crippen LogP contribution in [0.1, 0.15) is 49.5 Å². The Bertz CT molecular complexity index is 503. The zero-order valence-electron chi connectivity index (χ0n) is 12.1. The second-order valence-electron chi connectivity index (χ2n) is 5.68. The Labute approximate surface area is 124 Å². The molecule has 0 radical (unpaired) electrons. The summed E-state index contributed by atoms with van der Waals surface area (Å²) >= 11 is 5.21. The van der Waals surface area contributed by atoms with Gasteiger partial charge in [-0.15, -0.1) is 0 Å². The highest BCUT2D eigenvalue weighted by Crippen LogP contribution is 2.34. The molecule has 0 spiro atoms. The molecule has 110 valence electrons. The van der Waals surface area contributed by atoms with Crippen molar-refractivity contribution in [3.63, 3.8) is 0 Å². The fourth-order valence-electron chi connectivity index (χ4n) is 2.82. The van der Waals surface area contributed by atoms with Crippen molar-refractivity contribution in [3.8, 4) is 0 Å². The quantitative estimate of drug-likeness (QED) is 0.830. The first-order chi connectivity index (χ1) is 9.47. The molecule has 0 aromatic carbocycles. The van der Waals surface area contributed by atoms with Gasteiger partial charge in [0, 0.05) is 13.2 Å². The third kappa shape index (κ3) is 3.00. The number of aromatic nitrogens is 2. The molecule has 0 bridgehead atoms. The van der Waals surface area contributed by atoms with Crippen molar-refractivity contribution in [1.82, 2.24) is 14.9 Å². The lowest BCUT2D eigenvalue weighted by Crippen LogP contribution is -2.58. The number of nitrogens with one attached hydrogen (secondary N) is 1. The molecule has 1 saturated carbocycles. The number of carbonyl (C=O) groups is 1. The molecular formula is C14H22N4OS. The summed E-state index contributed by atoms with van der Waals surface area (Å²) in [4.78, 5) is 16.7. The lowest BCUT2D eigenvalue weighted by Gasteiger charge is -2.39. The Balaban J connectivity index is 2.10. The van der Waals surface area contributed by atoms with E-state index in [0.717, 1.165) is 25.7 Å². The monoisotopic (exact) mass is 294 g/mol. The number of hydrogen-bond acceptors (Lipinski definition) is 3. The summed E-state index contributed by atoms with van der Waals surface area (Å²) < 4.78 is 1.75. The summed E-state index contributed by atoms with van der Waals surface area (Å²) in [5, 5.41) is 3.03. The van der Waals surface area contributed by atoms with Crippen molar-refractivity contribution in [2.24, 2.45) is 18.7 Å². The Kier molecular flexibility index (Phi) is 4.42. The van der Waals surface area contributed by atoms with Crippen LogP contribution in [0.2, 0.25) is 0 Å². The van der Waals surface area contributed by atoms with Crippen molar-refractivity contribution < 1.29 is 4.79 Å². The molecule has 1 fully saturated rings. The zero-order valence-corrected chi connectivity index (χ0v) is 12.9. The smallest absolute Gasteiger partial charge is 0.272 e. The van der Waals surface area contributed by atoms with Crippen LogP contribution in [0.4, 0.5) is 0 Å². The van der Waals surface area contributed by atoms with Crippen LogP contribution in [0, 0.1) is 5.92 Å². The Morgan fingerprint density at radius 1 is 1.60 bits per heavy atom. The first kappa shape index (κ1) is 15.0. The number of carbonyl (C=O) groups excluding carboxylic acids is 1. The van der Waals surface area contributed by atoms with E-state index < -0.39 is 5.54 Å². The summed E-state index contributed by atoms with van der Waals surface area (Å²) in [6, 6.07) is 0. The molecule has 1 aromatic heterocycles. The van der Waals surface area contributed by atoms with Crippen LogP contribution in [-0.2, 0) is 7.05 Å². The third-order valence-electron chi connectivity index (χ3n) is 4.30. The SMILES string of the molecule is CCC1CCC(NC(=O)c2cn(C)cn2)(C(N)=S)CC1. The van der Waals surface area contributed by atoms with Crippen molar-refractivity contribution in [3.05, 3.63) is 18.2 Å². The summed E-state index contributed by atoms with van der Waals surface area (Å²) in [5.41, 5.74) is 5.77. The van der Waals surface area contributed by atoms with Gasteiger partial charge in [0.1, 0.15) is 5.69 Å². The van der Waals surface area contributed by atoms with Crippen LogP contribution < -0.4 is 11.1 Å². The van der Waals surface area contributed by atoms with Crippen LogP contribution in [0.5, 0.6) is 0 Å². The van der Waals surface area contributed by atoms with E-state index in [4.69, 9.17) is 18.0 Å². The van der Waals surface area contributed by atoms with Gasteiger partial charge in [-0.25, -0.2) is 4.98 Å². The standard InChI is InChI=1S/C14H22N4OS/c1-3-10-4-6-14(7-5-10,13(15)20)17-12(19)11-8-18(2)9-16-11/h8-10H,3-7H2,1-2H3,(H2,15,20)(H,17,19). The Morgan fingerprint density at radius 3 is 2.70 bits per heavy atom. The second kappa shape index (κ2) is 5.91. The molecule has 1 aromatic rings. The predicted octanol–water partition coefficient (Wildman–Crippen LogP) is 1.77. The van der Waals surface area contributed by atoms with E-state index in [2.05, 4.69) is 17.2 Å². The largest absolute Gasteiger partial charge is 0.391 e. The summed E-state index contributed by atoms with van der Waals surface area (Å²) in [6.07, 6.45) is 8.21. The molecule has 2 rings (SSSR count). The summed E-state index contributed by atoms with van der Waals surface area (Å²) in [6.45, 7) is 2.20. The zero-order chi connectivity index (χ0) is 14.8. The lowest BCUT2D eigenvalue weighted by molar-refractivity contribution is 0.0893. The normalized spacial score (nSPS) is 26.2. The van der Waals surface area contributed by atoms with Gasteiger partial charge in [0.2, 0.25) is 0 Å². The molecule has 1 aliphatic carbocycles. The number of imidazole rings is 1. The van der Waals surface area contributed by atoms with Crippen LogP contribution >= 0.6 is 12.2 Å². The van der Waals surface area contributed by atoms with Gasteiger partial charge in [-0.3, -0.25) is 4.79 Å². The molecule has 20 heavy (non-hydrogen) atoms. The van der Waals surface area contributed by atoms with Gasteiger partial charge >= 0.3 is 0 Å². The van der Waals surface area contributed by atoms with Gasteiger partial charge in [-0.2, -0.15) is 0 Å². The minimum Gasteiger partial charge on any atom is -0.391 e. The first-order valence-corrected chi connectivity index (χ1v) is 7.48. The minimum absolute atomic E-state index is 0.201. The van der Waals surface area contributed by atoms with E-state index >= 15 is 0 Å². The molecule has 1 aliphatic rings. The highest BCUT2D eigenvalue weighted by Gasteiger charge is 2.39. The van der Waals surface area contributed by atoms with E-state index in [9.17, 15) is 4.79 Å². The van der Waals surface area contributed by atoms with Crippen LogP contribution in [-0.4, -0.2) is 26.0 Å². The number of nitrogens with zero attached hydrogens (tertiary/aromatic N) is 2. The van der Waals surface area contributed by atoms with Gasteiger partial charge in [0.25, 0.3) is 5.91 Å². The van der Waals surface area contributed by atoms with Crippen LogP contribution in [0.15, 0.2) is 12.5 Å². The molecule has 1 amide bonds. The molecule has 1 heterocycles. The first-order valence-electron chi connectivity index (χ1n) is 7.07. The average Bonchev–Trinajstić information content (AvgIpc) is 2.86. The van der Waals surface area contributed by atoms with Crippen molar-refractivity contribution >= 4 is 23.1 Å². The summed E-state index contributed by atoms with van der Waals surface area (Å²) in [5.74, 6) is 0.512. The van der Waals surface area contributed by atoms with Gasteiger partial charge < -0.3 is 15.6 Å². The maximum atomic E-state index is 12.3. The van der Waals surface area contributed by atoms with Crippen molar-refractivity contribution in [2.45, 2.75) is 44.6 Å². The van der Waals surface area contributed by atoms with Crippen molar-refractivity contribution in [1.29, 1.82) is 0 Å². The number of thiocarbonyl (C=S) groups is 1. The fraction of sp³-hybridized carbons (Fsp3) is 0.643. The van der Waals surface area contributed by atoms with Gasteiger partial charge in [0.05, 0.1) is 16.9 Å². The van der Waals surface area contributed by atoms with Gasteiger partial charge in [-0.05, 0) is 31.6 Å². The molecule has 3 N–H and O–H groups in total. The maximum absolute atomic E-state index is 12.3. The number of nitrogens with two attached hydrogens (primary N) is 1. The molecule has 0 saturated heterocycles. The Hall–Kier alpha value is -1.43. The van der Waals surface area contributed by atoms with Crippen LogP contribution in [0.25, 0.3) is 0 Å². The topological polar surface area (TPSA) is 72.9 Å². The maximum Gasteiger partial charge on any atom is 0.272 e. The molecule has 6 heteroatoms. The van der Waals surface area contributed by atoms with Crippen LogP contribution in [0.3, 0.4) is 0 Å². The van der Waals surface area contributed by atoms with Gasteiger partial charge in [0.15, 0.2) is 0 Å². The number of amides is 1. The number of aryl methyl sites for hydroxylation is 1. The van der Waals surface area contributed by atoms with Gasteiger partial charge in [-0.1, -0.05) is 25.6 Å². The van der Waals surface area contributed by atoms with E-state index in [1.165, 1.54) is 6.42 Å². The number of rotatable bonds is 4. The summed E-state index contributed by atoms with van der Waals surface area (Å²) in [7, 11) is 1.83. The van der Waals surface area contributed by atoms with E-state index in [1.807, 2.05) is 7.05 Å². The van der Waals surface area contributed by atoms with E-state index in [1.54, 1.807) is 17.1 Å². The number of hydrogen-bond donors (Lipinski definition) is 2. The predicted molar refractivity (Wildman–Crippen MR) is 82.4 cm³/mol. The Morgan fingerprint density at radius 2 is 2.25 bits per heavy atom. The average molecular weight is 294 g/mol. The highest BCUT2D eigenvalue weighted by molar-refractivity contribution is 7.80. The molecule has 0 atom stereocenters. The molecule has 5 nitrogen and oxygen atoms in total.